The Labute approximate surface area is 248 Å². The molecular weight excluding hydrogens is 562 g/mol. The topological polar surface area (TPSA) is 9.23 Å². The van der Waals surface area contributed by atoms with Crippen LogP contribution in [0.4, 0.5) is 26.3 Å². The Bertz CT molecular complexity index is 1500. The molecule has 0 atom stereocenters. The molecule has 0 radical (unpaired) electrons. The first-order valence-corrected chi connectivity index (χ1v) is 14.8. The molecule has 1 nitrogen and oxygen atoms in total. The first kappa shape index (κ1) is 30.9. The van der Waals surface area contributed by atoms with E-state index in [4.69, 9.17) is 4.74 Å². The van der Waals surface area contributed by atoms with Crippen LogP contribution < -0.4 is 0 Å². The van der Waals surface area contributed by atoms with E-state index in [0.717, 1.165) is 48.2 Å². The van der Waals surface area contributed by atoms with Crippen molar-refractivity contribution in [1.29, 1.82) is 0 Å². The number of unbranched alkanes of at least 4 members (excludes halogenated alkanes) is 2. The molecule has 226 valence electrons. The molecule has 1 aliphatic rings. The Morgan fingerprint density at radius 3 is 1.74 bits per heavy atom. The van der Waals surface area contributed by atoms with E-state index in [2.05, 4.69) is 19.1 Å². The van der Waals surface area contributed by atoms with Gasteiger partial charge in [0.15, 0.2) is 11.6 Å². The summed E-state index contributed by atoms with van der Waals surface area (Å²) in [5, 5.41) is 0. The average Bonchev–Trinajstić information content (AvgIpc) is 2.99. The molecule has 5 rings (SSSR count). The summed E-state index contributed by atoms with van der Waals surface area (Å²) < 4.78 is 92.0. The highest BCUT2D eigenvalue weighted by Gasteiger charge is 2.42. The summed E-state index contributed by atoms with van der Waals surface area (Å²) >= 11 is 0. The second-order valence-electron chi connectivity index (χ2n) is 11.3. The second-order valence-corrected chi connectivity index (χ2v) is 11.3. The summed E-state index contributed by atoms with van der Waals surface area (Å²) in [5.41, 5.74) is 3.00. The van der Waals surface area contributed by atoms with Crippen molar-refractivity contribution in [2.45, 2.75) is 76.4 Å². The molecule has 0 saturated heterocycles. The first-order chi connectivity index (χ1) is 20.6. The summed E-state index contributed by atoms with van der Waals surface area (Å²) in [5.74, 6) is -4.84. The maximum absolute atomic E-state index is 15.1. The van der Waals surface area contributed by atoms with Crippen molar-refractivity contribution < 1.29 is 31.1 Å². The van der Waals surface area contributed by atoms with Gasteiger partial charge in [-0.05, 0) is 102 Å². The van der Waals surface area contributed by atoms with Crippen LogP contribution in [0.1, 0.15) is 74.5 Å². The van der Waals surface area contributed by atoms with Gasteiger partial charge in [0.25, 0.3) is 0 Å². The molecule has 0 amide bonds. The maximum atomic E-state index is 15.1. The fraction of sp³-hybridized carbons (Fsp3) is 0.333. The number of hydrogen-bond donors (Lipinski definition) is 0. The lowest BCUT2D eigenvalue weighted by atomic mass is 9.82. The Morgan fingerprint density at radius 1 is 0.628 bits per heavy atom. The summed E-state index contributed by atoms with van der Waals surface area (Å²) in [6, 6.07) is 20.8. The van der Waals surface area contributed by atoms with E-state index in [1.54, 1.807) is 12.1 Å². The van der Waals surface area contributed by atoms with Crippen molar-refractivity contribution in [1.82, 2.24) is 0 Å². The summed E-state index contributed by atoms with van der Waals surface area (Å²) in [6.45, 7) is 2.17. The highest BCUT2D eigenvalue weighted by atomic mass is 19.3. The van der Waals surface area contributed by atoms with E-state index >= 15 is 17.6 Å². The SMILES string of the molecule is CCCCCc1ccc(-c2ccc(-c3cc(F)c(C(F)(F)OC4CCC(c5ccc(F)c(F)c5)CC4)c(F)c3)cc2)cc1. The Hall–Kier alpha value is -3.58. The number of hydrogen-bond acceptors (Lipinski definition) is 1. The lowest BCUT2D eigenvalue weighted by molar-refractivity contribution is -0.280. The van der Waals surface area contributed by atoms with Gasteiger partial charge in [0.05, 0.1) is 6.10 Å². The number of alkyl halides is 2. The molecule has 4 aromatic rings. The summed E-state index contributed by atoms with van der Waals surface area (Å²) in [6.07, 6.45) is 0.604. The molecule has 0 heterocycles. The van der Waals surface area contributed by atoms with E-state index < -0.39 is 41.0 Å². The fourth-order valence-corrected chi connectivity index (χ4v) is 5.86. The van der Waals surface area contributed by atoms with Crippen LogP contribution in [-0.2, 0) is 17.3 Å². The molecule has 0 bridgehead atoms. The molecular formula is C36H34F6O. The standard InChI is InChI=1S/C36H34F6O/c1-2-3-4-5-23-6-8-24(9-7-23)25-10-12-27(13-11-25)29-21-33(39)35(34(40)22-29)36(41,42)43-30-17-14-26(15-18-30)28-16-19-31(37)32(38)20-28/h6-13,16,19-22,26,30H,2-5,14-15,17-18H2,1H3. The third-order valence-corrected chi connectivity index (χ3v) is 8.31. The third kappa shape index (κ3) is 7.32. The van der Waals surface area contributed by atoms with Gasteiger partial charge in [-0.15, -0.1) is 0 Å². The number of aryl methyl sites for hydroxylation is 1. The van der Waals surface area contributed by atoms with Crippen molar-refractivity contribution in [3.8, 4) is 22.3 Å². The van der Waals surface area contributed by atoms with Crippen molar-refractivity contribution in [2.24, 2.45) is 0 Å². The number of rotatable bonds is 10. The van der Waals surface area contributed by atoms with Crippen LogP contribution in [0.15, 0.2) is 78.9 Å². The zero-order valence-electron chi connectivity index (χ0n) is 24.0. The van der Waals surface area contributed by atoms with Gasteiger partial charge < -0.3 is 4.74 Å². The summed E-state index contributed by atoms with van der Waals surface area (Å²) in [4.78, 5) is 0. The monoisotopic (exact) mass is 596 g/mol. The van der Waals surface area contributed by atoms with Crippen LogP contribution in [0.5, 0.6) is 0 Å². The Kier molecular flexibility index (Phi) is 9.60. The van der Waals surface area contributed by atoms with Crippen molar-refractivity contribution >= 4 is 0 Å². The predicted molar refractivity (Wildman–Crippen MR) is 157 cm³/mol. The van der Waals surface area contributed by atoms with Gasteiger partial charge in [-0.2, -0.15) is 8.78 Å². The maximum Gasteiger partial charge on any atom is 0.389 e. The molecule has 4 aromatic carbocycles. The van der Waals surface area contributed by atoms with Crippen molar-refractivity contribution in [3.63, 3.8) is 0 Å². The average molecular weight is 597 g/mol. The van der Waals surface area contributed by atoms with Gasteiger partial charge in [0.1, 0.15) is 17.2 Å². The molecule has 0 aromatic heterocycles. The van der Waals surface area contributed by atoms with E-state index in [9.17, 15) is 8.78 Å². The van der Waals surface area contributed by atoms with E-state index in [0.29, 0.717) is 24.0 Å². The number of ether oxygens (including phenoxy) is 1. The molecule has 43 heavy (non-hydrogen) atoms. The van der Waals surface area contributed by atoms with Gasteiger partial charge in [0.2, 0.25) is 0 Å². The minimum Gasteiger partial charge on any atom is -0.313 e. The normalized spacial score (nSPS) is 17.3. The highest BCUT2D eigenvalue weighted by Crippen LogP contribution is 2.41. The zero-order valence-corrected chi connectivity index (χ0v) is 24.0. The van der Waals surface area contributed by atoms with Gasteiger partial charge in [-0.25, -0.2) is 17.6 Å². The number of halogens is 6. The van der Waals surface area contributed by atoms with E-state index in [1.165, 1.54) is 24.5 Å². The minimum atomic E-state index is -4.18. The first-order valence-electron chi connectivity index (χ1n) is 14.8. The van der Waals surface area contributed by atoms with Crippen LogP contribution >= 0.6 is 0 Å². The van der Waals surface area contributed by atoms with Gasteiger partial charge in [-0.1, -0.05) is 74.4 Å². The van der Waals surface area contributed by atoms with E-state index in [-0.39, 0.29) is 24.3 Å². The second kappa shape index (κ2) is 13.4. The third-order valence-electron chi connectivity index (χ3n) is 8.31. The summed E-state index contributed by atoms with van der Waals surface area (Å²) in [7, 11) is 0. The molecule has 1 saturated carbocycles. The lowest BCUT2D eigenvalue weighted by Gasteiger charge is -2.31. The Morgan fingerprint density at radius 2 is 1.19 bits per heavy atom. The van der Waals surface area contributed by atoms with Gasteiger partial charge in [-0.3, -0.25) is 0 Å². The van der Waals surface area contributed by atoms with Crippen LogP contribution in [0.3, 0.4) is 0 Å². The molecule has 7 heteroatoms. The molecule has 1 fully saturated rings. The molecule has 0 unspecified atom stereocenters. The van der Waals surface area contributed by atoms with Crippen LogP contribution in [0.2, 0.25) is 0 Å². The number of benzene rings is 4. The van der Waals surface area contributed by atoms with Gasteiger partial charge >= 0.3 is 6.11 Å². The lowest BCUT2D eigenvalue weighted by Crippen LogP contribution is -2.31. The van der Waals surface area contributed by atoms with Crippen molar-refractivity contribution in [3.05, 3.63) is 119 Å². The van der Waals surface area contributed by atoms with Crippen LogP contribution in [0.25, 0.3) is 22.3 Å². The molecule has 0 spiro atoms. The van der Waals surface area contributed by atoms with Crippen molar-refractivity contribution in [2.75, 3.05) is 0 Å². The van der Waals surface area contributed by atoms with Gasteiger partial charge in [0, 0.05) is 0 Å². The predicted octanol–water partition coefficient (Wildman–Crippen LogP) is 11.1. The molecule has 0 aliphatic heterocycles. The van der Waals surface area contributed by atoms with E-state index in [1.807, 2.05) is 24.3 Å². The largest absolute Gasteiger partial charge is 0.389 e. The molecule has 0 N–H and O–H groups in total. The highest BCUT2D eigenvalue weighted by molar-refractivity contribution is 5.71. The molecule has 1 aliphatic carbocycles. The zero-order chi connectivity index (χ0) is 30.6. The smallest absolute Gasteiger partial charge is 0.313 e. The van der Waals surface area contributed by atoms with Crippen LogP contribution in [-0.4, -0.2) is 6.10 Å². The minimum absolute atomic E-state index is 0.138. The van der Waals surface area contributed by atoms with Crippen LogP contribution in [0, 0.1) is 23.3 Å². The fourth-order valence-electron chi connectivity index (χ4n) is 5.86. The Balaban J connectivity index is 1.24. The quantitative estimate of drug-likeness (QED) is 0.131.